The highest BCUT2D eigenvalue weighted by molar-refractivity contribution is 7.99. The van der Waals surface area contributed by atoms with Crippen LogP contribution in [0.2, 0.25) is 5.02 Å². The van der Waals surface area contributed by atoms with Crippen LogP contribution < -0.4 is 4.74 Å². The van der Waals surface area contributed by atoms with E-state index in [1.165, 1.54) is 23.5 Å². The monoisotopic (exact) mass is 351 g/mol. The van der Waals surface area contributed by atoms with Crippen molar-refractivity contribution in [3.05, 3.63) is 22.7 Å². The number of halogens is 1. The Morgan fingerprint density at radius 1 is 1.38 bits per heavy atom. The molecule has 1 aliphatic rings. The van der Waals surface area contributed by atoms with Crippen LogP contribution in [0, 0.1) is 0 Å². The molecule has 8 heteroatoms. The highest BCUT2D eigenvalue weighted by atomic mass is 35.5. The van der Waals surface area contributed by atoms with Gasteiger partial charge in [0.15, 0.2) is 0 Å². The van der Waals surface area contributed by atoms with Crippen LogP contribution in [-0.4, -0.2) is 49.5 Å². The molecule has 0 bridgehead atoms. The van der Waals surface area contributed by atoms with Crippen LogP contribution in [0.1, 0.15) is 12.0 Å². The molecule has 118 valence electrons. The standard InChI is InChI=1S/C13H18ClNO4S2/c1-19-13-10(9-16)7-11(14)8-12(13)21(17,18)15-3-2-5-20-6-4-15/h7-8,16H,2-6,9H2,1H3. The van der Waals surface area contributed by atoms with Crippen LogP contribution in [0.3, 0.4) is 0 Å². The molecule has 0 atom stereocenters. The summed E-state index contributed by atoms with van der Waals surface area (Å²) in [5.41, 5.74) is 0.368. The van der Waals surface area contributed by atoms with Gasteiger partial charge in [0, 0.05) is 29.4 Å². The Morgan fingerprint density at radius 2 is 2.14 bits per heavy atom. The van der Waals surface area contributed by atoms with E-state index in [0.717, 1.165) is 17.9 Å². The van der Waals surface area contributed by atoms with Crippen LogP contribution in [0.25, 0.3) is 0 Å². The number of thioether (sulfide) groups is 1. The van der Waals surface area contributed by atoms with E-state index in [-0.39, 0.29) is 22.3 Å². The van der Waals surface area contributed by atoms with E-state index in [1.54, 1.807) is 11.8 Å². The number of rotatable bonds is 4. The normalized spacial score (nSPS) is 17.5. The van der Waals surface area contributed by atoms with Gasteiger partial charge >= 0.3 is 0 Å². The minimum Gasteiger partial charge on any atom is -0.495 e. The van der Waals surface area contributed by atoms with Gasteiger partial charge in [0.1, 0.15) is 10.6 Å². The molecule has 1 saturated heterocycles. The molecule has 0 aliphatic carbocycles. The predicted molar refractivity (Wildman–Crippen MR) is 84.6 cm³/mol. The van der Waals surface area contributed by atoms with Crippen molar-refractivity contribution < 1.29 is 18.3 Å². The highest BCUT2D eigenvalue weighted by Crippen LogP contribution is 2.34. The number of ether oxygens (including phenoxy) is 1. The number of aliphatic hydroxyl groups is 1. The van der Waals surface area contributed by atoms with Crippen LogP contribution in [0.15, 0.2) is 17.0 Å². The summed E-state index contributed by atoms with van der Waals surface area (Å²) in [6.07, 6.45) is 0.819. The third-order valence-electron chi connectivity index (χ3n) is 3.27. The second-order valence-corrected chi connectivity index (χ2v) is 8.19. The Kier molecular flexibility index (Phi) is 5.79. The number of aliphatic hydroxyl groups excluding tert-OH is 1. The number of nitrogens with zero attached hydrogens (tertiary/aromatic N) is 1. The maximum absolute atomic E-state index is 12.8. The maximum atomic E-state index is 12.8. The number of hydrogen-bond acceptors (Lipinski definition) is 5. The molecule has 1 aliphatic heterocycles. The van der Waals surface area contributed by atoms with Gasteiger partial charge in [-0.15, -0.1) is 0 Å². The number of hydrogen-bond donors (Lipinski definition) is 1. The number of methoxy groups -OCH3 is 1. The zero-order valence-electron chi connectivity index (χ0n) is 11.7. The van der Waals surface area contributed by atoms with Gasteiger partial charge in [0.2, 0.25) is 10.0 Å². The van der Waals surface area contributed by atoms with E-state index < -0.39 is 10.0 Å². The molecule has 1 aromatic carbocycles. The van der Waals surface area contributed by atoms with Crippen molar-refractivity contribution in [1.82, 2.24) is 4.31 Å². The lowest BCUT2D eigenvalue weighted by Crippen LogP contribution is -2.33. The van der Waals surface area contributed by atoms with Crippen molar-refractivity contribution in [2.24, 2.45) is 0 Å². The molecule has 1 fully saturated rings. The van der Waals surface area contributed by atoms with Crippen molar-refractivity contribution in [2.75, 3.05) is 31.7 Å². The van der Waals surface area contributed by atoms with Crippen molar-refractivity contribution in [2.45, 2.75) is 17.9 Å². The summed E-state index contributed by atoms with van der Waals surface area (Å²) >= 11 is 7.73. The molecule has 1 aromatic rings. The summed E-state index contributed by atoms with van der Waals surface area (Å²) in [5, 5.41) is 9.64. The van der Waals surface area contributed by atoms with Crippen molar-refractivity contribution >= 4 is 33.4 Å². The van der Waals surface area contributed by atoms with E-state index in [9.17, 15) is 13.5 Å². The smallest absolute Gasteiger partial charge is 0.246 e. The predicted octanol–water partition coefficient (Wildman–Crippen LogP) is 1.97. The summed E-state index contributed by atoms with van der Waals surface area (Å²) in [7, 11) is -2.30. The first-order valence-corrected chi connectivity index (χ1v) is 9.53. The molecule has 5 nitrogen and oxygen atoms in total. The van der Waals surface area contributed by atoms with Crippen molar-refractivity contribution in [3.8, 4) is 5.75 Å². The molecule has 2 rings (SSSR count). The Balaban J connectivity index is 2.50. The quantitative estimate of drug-likeness (QED) is 0.898. The zero-order chi connectivity index (χ0) is 15.5. The lowest BCUT2D eigenvalue weighted by atomic mass is 10.2. The summed E-state index contributed by atoms with van der Waals surface area (Å²) in [6.45, 7) is 0.624. The van der Waals surface area contributed by atoms with Crippen LogP contribution in [0.4, 0.5) is 0 Å². The van der Waals surface area contributed by atoms with E-state index in [1.807, 2.05) is 0 Å². The second-order valence-electron chi connectivity index (χ2n) is 4.62. The topological polar surface area (TPSA) is 66.8 Å². The Bertz CT molecular complexity index is 598. The summed E-state index contributed by atoms with van der Waals surface area (Å²) in [4.78, 5) is 0.0217. The lowest BCUT2D eigenvalue weighted by molar-refractivity contribution is 0.272. The number of sulfonamides is 1. The molecular formula is C13H18ClNO4S2. The van der Waals surface area contributed by atoms with Gasteiger partial charge in [-0.1, -0.05) is 11.6 Å². The maximum Gasteiger partial charge on any atom is 0.246 e. The first kappa shape index (κ1) is 16.9. The molecule has 0 saturated carbocycles. The molecule has 0 unspecified atom stereocenters. The lowest BCUT2D eigenvalue weighted by Gasteiger charge is -2.22. The van der Waals surface area contributed by atoms with E-state index in [4.69, 9.17) is 16.3 Å². The molecular weight excluding hydrogens is 334 g/mol. The molecule has 21 heavy (non-hydrogen) atoms. The number of benzene rings is 1. The zero-order valence-corrected chi connectivity index (χ0v) is 14.1. The minimum atomic E-state index is -3.68. The first-order valence-electron chi connectivity index (χ1n) is 6.56. The first-order chi connectivity index (χ1) is 10.0. The third-order valence-corrected chi connectivity index (χ3v) is 6.44. The molecule has 1 heterocycles. The average Bonchev–Trinajstić information content (AvgIpc) is 2.75. The van der Waals surface area contributed by atoms with Gasteiger partial charge < -0.3 is 9.84 Å². The van der Waals surface area contributed by atoms with Gasteiger partial charge in [0.05, 0.1) is 13.7 Å². The van der Waals surface area contributed by atoms with Gasteiger partial charge in [-0.2, -0.15) is 16.1 Å². The van der Waals surface area contributed by atoms with Gasteiger partial charge in [0.25, 0.3) is 0 Å². The largest absolute Gasteiger partial charge is 0.495 e. The summed E-state index contributed by atoms with van der Waals surface area (Å²) in [5.74, 6) is 1.90. The molecule has 0 aromatic heterocycles. The van der Waals surface area contributed by atoms with E-state index >= 15 is 0 Å². The minimum absolute atomic E-state index is 0.0217. The fourth-order valence-electron chi connectivity index (χ4n) is 2.27. The highest BCUT2D eigenvalue weighted by Gasteiger charge is 2.30. The second kappa shape index (κ2) is 7.19. The average molecular weight is 352 g/mol. The van der Waals surface area contributed by atoms with Gasteiger partial charge in [-0.25, -0.2) is 8.42 Å². The SMILES string of the molecule is COc1c(CO)cc(Cl)cc1S(=O)(=O)N1CCCSCC1. The van der Waals surface area contributed by atoms with E-state index in [2.05, 4.69) is 0 Å². The van der Waals surface area contributed by atoms with Gasteiger partial charge in [-0.3, -0.25) is 0 Å². The van der Waals surface area contributed by atoms with Crippen LogP contribution in [0.5, 0.6) is 5.75 Å². The molecule has 0 amide bonds. The summed E-state index contributed by atoms with van der Waals surface area (Å²) < 4.78 is 32.3. The van der Waals surface area contributed by atoms with Gasteiger partial charge in [-0.05, 0) is 24.3 Å². The Hall–Kier alpha value is -0.470. The fourth-order valence-corrected chi connectivity index (χ4v) is 5.28. The van der Waals surface area contributed by atoms with E-state index in [0.29, 0.717) is 18.7 Å². The molecule has 0 radical (unpaired) electrons. The fraction of sp³-hybridized carbons (Fsp3) is 0.538. The van der Waals surface area contributed by atoms with Crippen LogP contribution in [-0.2, 0) is 16.6 Å². The third kappa shape index (κ3) is 3.65. The summed E-state index contributed by atoms with van der Waals surface area (Å²) in [6, 6.07) is 2.89. The van der Waals surface area contributed by atoms with Crippen molar-refractivity contribution in [1.29, 1.82) is 0 Å². The Morgan fingerprint density at radius 3 is 2.81 bits per heavy atom. The van der Waals surface area contributed by atoms with Crippen LogP contribution >= 0.6 is 23.4 Å². The molecule has 1 N–H and O–H groups in total. The van der Waals surface area contributed by atoms with Crippen molar-refractivity contribution in [3.63, 3.8) is 0 Å². The molecule has 0 spiro atoms. The Labute approximate surface area is 134 Å².